The molecule has 1 aromatic rings. The Morgan fingerprint density at radius 3 is 2.85 bits per heavy atom. The molecule has 1 rings (SSSR count). The summed E-state index contributed by atoms with van der Waals surface area (Å²) in [6, 6.07) is 0. The largest absolute Gasteiger partial charge is 0.327 e. The summed E-state index contributed by atoms with van der Waals surface area (Å²) in [4.78, 5) is 3.66. The third kappa shape index (κ3) is 3.45. The molecule has 0 aromatic carbocycles. The summed E-state index contributed by atoms with van der Waals surface area (Å²) in [6.45, 7) is 1.92. The number of hydrogen-bond donors (Lipinski definition) is 0. The molecule has 13 heavy (non-hydrogen) atoms. The average molecular weight is 204 g/mol. The Morgan fingerprint density at radius 1 is 1.54 bits per heavy atom. The van der Waals surface area contributed by atoms with Gasteiger partial charge in [0.1, 0.15) is 6.33 Å². The van der Waals surface area contributed by atoms with Crippen molar-refractivity contribution in [3.8, 4) is 0 Å². The van der Waals surface area contributed by atoms with E-state index in [1.807, 2.05) is 6.92 Å². The predicted molar refractivity (Wildman–Crippen MR) is 47.5 cm³/mol. The van der Waals surface area contributed by atoms with Crippen LogP contribution < -0.4 is 4.28 Å². The van der Waals surface area contributed by atoms with Crippen molar-refractivity contribution >= 4 is 10.1 Å². The van der Waals surface area contributed by atoms with E-state index < -0.39 is 10.1 Å². The maximum Gasteiger partial charge on any atom is 0.327 e. The van der Waals surface area contributed by atoms with Crippen LogP contribution in [0.5, 0.6) is 0 Å². The van der Waals surface area contributed by atoms with Crippen molar-refractivity contribution in [3.05, 3.63) is 18.7 Å². The summed E-state index contributed by atoms with van der Waals surface area (Å²) in [5, 5.41) is 0. The summed E-state index contributed by atoms with van der Waals surface area (Å²) in [7, 11) is -3.44. The summed E-state index contributed by atoms with van der Waals surface area (Å²) in [5.41, 5.74) is 0. The van der Waals surface area contributed by atoms with Gasteiger partial charge in [-0.15, -0.1) is 0 Å². The lowest BCUT2D eigenvalue weighted by atomic mass is 10.4. The number of nitrogens with zero attached hydrogens (tertiary/aromatic N) is 2. The monoisotopic (exact) mass is 204 g/mol. The number of unbranched alkanes of at least 4 members (excludes halogenated alkanes) is 1. The van der Waals surface area contributed by atoms with Crippen LogP contribution in [0.15, 0.2) is 18.7 Å². The van der Waals surface area contributed by atoms with Crippen molar-refractivity contribution in [2.75, 3.05) is 5.75 Å². The minimum atomic E-state index is -3.44. The maximum absolute atomic E-state index is 11.2. The molecule has 0 aliphatic carbocycles. The highest BCUT2D eigenvalue weighted by Gasteiger charge is 2.11. The van der Waals surface area contributed by atoms with Crippen molar-refractivity contribution in [3.63, 3.8) is 0 Å². The van der Waals surface area contributed by atoms with E-state index in [1.165, 1.54) is 18.7 Å². The molecule has 0 spiro atoms. The van der Waals surface area contributed by atoms with E-state index in [-0.39, 0.29) is 5.75 Å². The molecule has 0 saturated carbocycles. The Bertz CT molecular complexity index is 331. The Balaban J connectivity index is 2.53. The number of rotatable bonds is 5. The molecule has 0 saturated heterocycles. The lowest BCUT2D eigenvalue weighted by molar-refractivity contribution is 0.278. The molecular formula is C7H12N2O3S. The van der Waals surface area contributed by atoms with E-state index in [9.17, 15) is 8.42 Å². The second kappa shape index (κ2) is 4.27. The Morgan fingerprint density at radius 2 is 2.31 bits per heavy atom. The summed E-state index contributed by atoms with van der Waals surface area (Å²) < 4.78 is 28.1. The highest BCUT2D eigenvalue weighted by Crippen LogP contribution is 1.96. The van der Waals surface area contributed by atoms with Gasteiger partial charge in [-0.3, -0.25) is 4.28 Å². The molecular weight excluding hydrogens is 192 g/mol. The van der Waals surface area contributed by atoms with Gasteiger partial charge in [-0.2, -0.15) is 13.1 Å². The van der Waals surface area contributed by atoms with E-state index in [2.05, 4.69) is 9.27 Å². The molecule has 6 heteroatoms. The van der Waals surface area contributed by atoms with Crippen molar-refractivity contribution in [1.29, 1.82) is 0 Å². The smallest absolute Gasteiger partial charge is 0.286 e. The zero-order valence-electron chi connectivity index (χ0n) is 7.38. The van der Waals surface area contributed by atoms with Crippen LogP contribution in [0.3, 0.4) is 0 Å². The summed E-state index contributed by atoms with van der Waals surface area (Å²) in [6.07, 6.45) is 5.62. The summed E-state index contributed by atoms with van der Waals surface area (Å²) >= 11 is 0. The quantitative estimate of drug-likeness (QED) is 0.698. The number of hydrogen-bond acceptors (Lipinski definition) is 4. The van der Waals surface area contributed by atoms with Crippen LogP contribution in [0, 0.1) is 0 Å². The highest BCUT2D eigenvalue weighted by molar-refractivity contribution is 7.86. The first-order valence-corrected chi connectivity index (χ1v) is 5.62. The van der Waals surface area contributed by atoms with Crippen LogP contribution in [-0.2, 0) is 10.1 Å². The molecule has 5 nitrogen and oxygen atoms in total. The number of imidazole rings is 1. The van der Waals surface area contributed by atoms with Crippen LogP contribution in [0.2, 0.25) is 0 Å². The van der Waals surface area contributed by atoms with Crippen LogP contribution in [0.25, 0.3) is 0 Å². The molecule has 0 atom stereocenters. The fourth-order valence-electron chi connectivity index (χ4n) is 0.780. The average Bonchev–Trinajstić information content (AvgIpc) is 2.52. The SMILES string of the molecule is CCCCS(=O)(=O)On1ccnc1. The van der Waals surface area contributed by atoms with Gasteiger partial charge in [-0.25, -0.2) is 4.98 Å². The summed E-state index contributed by atoms with van der Waals surface area (Å²) in [5.74, 6) is 0.0433. The predicted octanol–water partition coefficient (Wildman–Crippen LogP) is 0.442. The van der Waals surface area contributed by atoms with Crippen molar-refractivity contribution in [1.82, 2.24) is 9.71 Å². The van der Waals surface area contributed by atoms with Gasteiger partial charge in [-0.05, 0) is 6.42 Å². The standard InChI is InChI=1S/C7H12N2O3S/c1-2-3-6-13(10,11)12-9-5-4-8-7-9/h4-5,7H,2-3,6H2,1H3. The fourth-order valence-corrected chi connectivity index (χ4v) is 1.85. The molecule has 0 aliphatic heterocycles. The van der Waals surface area contributed by atoms with Gasteiger partial charge in [0.2, 0.25) is 0 Å². The molecule has 0 unspecified atom stereocenters. The van der Waals surface area contributed by atoms with Crippen molar-refractivity contribution in [2.24, 2.45) is 0 Å². The second-order valence-electron chi connectivity index (χ2n) is 2.61. The molecule has 1 aromatic heterocycles. The van der Waals surface area contributed by atoms with Crippen LogP contribution >= 0.6 is 0 Å². The minimum absolute atomic E-state index is 0.0433. The third-order valence-electron chi connectivity index (χ3n) is 1.43. The first kappa shape index (κ1) is 10.0. The van der Waals surface area contributed by atoms with E-state index in [0.717, 1.165) is 11.2 Å². The van der Waals surface area contributed by atoms with Gasteiger partial charge < -0.3 is 0 Å². The first-order valence-electron chi connectivity index (χ1n) is 4.04. The van der Waals surface area contributed by atoms with Crippen molar-refractivity contribution < 1.29 is 12.7 Å². The van der Waals surface area contributed by atoms with Crippen LogP contribution in [-0.4, -0.2) is 23.9 Å². The van der Waals surface area contributed by atoms with E-state index in [1.54, 1.807) is 0 Å². The fraction of sp³-hybridized carbons (Fsp3) is 0.571. The third-order valence-corrected chi connectivity index (χ3v) is 2.62. The van der Waals surface area contributed by atoms with Crippen LogP contribution in [0.1, 0.15) is 19.8 Å². The van der Waals surface area contributed by atoms with Crippen LogP contribution in [0.4, 0.5) is 0 Å². The molecule has 0 bridgehead atoms. The minimum Gasteiger partial charge on any atom is -0.286 e. The molecule has 1 heterocycles. The van der Waals surface area contributed by atoms with E-state index >= 15 is 0 Å². The molecule has 0 aliphatic rings. The molecule has 0 fully saturated rings. The first-order chi connectivity index (χ1) is 6.14. The maximum atomic E-state index is 11.2. The molecule has 74 valence electrons. The molecule has 0 amide bonds. The zero-order valence-corrected chi connectivity index (χ0v) is 8.20. The van der Waals surface area contributed by atoms with Gasteiger partial charge in [0.15, 0.2) is 0 Å². The normalized spacial score (nSPS) is 11.5. The van der Waals surface area contributed by atoms with E-state index in [0.29, 0.717) is 6.42 Å². The van der Waals surface area contributed by atoms with Gasteiger partial charge >= 0.3 is 10.1 Å². The number of aromatic nitrogens is 2. The lowest BCUT2D eigenvalue weighted by Crippen LogP contribution is -2.21. The van der Waals surface area contributed by atoms with E-state index in [4.69, 9.17) is 0 Å². The van der Waals surface area contributed by atoms with Gasteiger partial charge in [-0.1, -0.05) is 13.3 Å². The zero-order chi connectivity index (χ0) is 9.73. The topological polar surface area (TPSA) is 61.2 Å². The Labute approximate surface area is 77.4 Å². The molecule has 0 radical (unpaired) electrons. The second-order valence-corrected chi connectivity index (χ2v) is 4.29. The van der Waals surface area contributed by atoms with Gasteiger partial charge in [0, 0.05) is 6.20 Å². The Hall–Kier alpha value is -1.04. The highest BCUT2D eigenvalue weighted by atomic mass is 32.2. The lowest BCUT2D eigenvalue weighted by Gasteiger charge is -2.04. The Kier molecular flexibility index (Phi) is 3.30. The van der Waals surface area contributed by atoms with Gasteiger partial charge in [0.05, 0.1) is 11.9 Å². The van der Waals surface area contributed by atoms with Crippen molar-refractivity contribution in [2.45, 2.75) is 19.8 Å². The molecule has 0 N–H and O–H groups in total. The van der Waals surface area contributed by atoms with Gasteiger partial charge in [0.25, 0.3) is 0 Å².